The van der Waals surface area contributed by atoms with E-state index < -0.39 is 0 Å². The molecule has 23 heavy (non-hydrogen) atoms. The molecule has 3 unspecified atom stereocenters. The average Bonchev–Trinajstić information content (AvgIpc) is 2.62. The van der Waals surface area contributed by atoms with Crippen LogP contribution in [0.4, 0.5) is 0 Å². The van der Waals surface area contributed by atoms with E-state index in [0.29, 0.717) is 5.92 Å². The van der Waals surface area contributed by atoms with Crippen molar-refractivity contribution < 1.29 is 5.11 Å². The van der Waals surface area contributed by atoms with Gasteiger partial charge in [0.25, 0.3) is 0 Å². The maximum Gasteiger partial charge on any atom is 0.0571 e. The fraction of sp³-hybridized carbons (Fsp3) is 1.00. The summed E-state index contributed by atoms with van der Waals surface area (Å²) >= 11 is 0. The number of aliphatic hydroxyl groups is 1. The lowest BCUT2D eigenvalue weighted by Crippen LogP contribution is -2.34. The summed E-state index contributed by atoms with van der Waals surface area (Å²) in [6, 6.07) is 0. The third-order valence-corrected chi connectivity index (χ3v) is 8.14. The molecule has 3 aliphatic carbocycles. The summed E-state index contributed by atoms with van der Waals surface area (Å²) in [6.45, 7) is 4.62. The van der Waals surface area contributed by atoms with Gasteiger partial charge in [-0.05, 0) is 93.3 Å². The molecule has 3 aliphatic rings. The van der Waals surface area contributed by atoms with Crippen LogP contribution in [0.5, 0.6) is 0 Å². The van der Waals surface area contributed by atoms with Crippen LogP contribution < -0.4 is 0 Å². The minimum atomic E-state index is 0.000736. The molecule has 0 saturated heterocycles. The summed E-state index contributed by atoms with van der Waals surface area (Å²) in [7, 11) is 0. The standard InChI is InChI=1S/C22H40O/c1-3-16-5-7-18(8-6-16)19-10-12-20(13-11-19)21-14-9-17(4-2)22(23)15-21/h16-23H,3-15H2,1-2H3. The Bertz CT molecular complexity index is 336. The lowest BCUT2D eigenvalue weighted by molar-refractivity contribution is 0.0145. The fourth-order valence-electron chi connectivity index (χ4n) is 6.30. The van der Waals surface area contributed by atoms with Crippen molar-refractivity contribution in [2.24, 2.45) is 35.5 Å². The fourth-order valence-corrected chi connectivity index (χ4v) is 6.30. The van der Waals surface area contributed by atoms with Gasteiger partial charge in [0.15, 0.2) is 0 Å². The van der Waals surface area contributed by atoms with E-state index in [9.17, 15) is 5.11 Å². The molecular formula is C22H40O. The molecule has 3 fully saturated rings. The highest BCUT2D eigenvalue weighted by Crippen LogP contribution is 2.46. The zero-order valence-electron chi connectivity index (χ0n) is 15.7. The van der Waals surface area contributed by atoms with Crippen LogP contribution >= 0.6 is 0 Å². The monoisotopic (exact) mass is 320 g/mol. The summed E-state index contributed by atoms with van der Waals surface area (Å²) < 4.78 is 0. The molecule has 3 atom stereocenters. The van der Waals surface area contributed by atoms with Crippen molar-refractivity contribution in [2.45, 2.75) is 103 Å². The van der Waals surface area contributed by atoms with E-state index in [2.05, 4.69) is 13.8 Å². The van der Waals surface area contributed by atoms with Gasteiger partial charge in [0, 0.05) is 0 Å². The van der Waals surface area contributed by atoms with Crippen LogP contribution in [-0.4, -0.2) is 11.2 Å². The van der Waals surface area contributed by atoms with Crippen molar-refractivity contribution in [1.82, 2.24) is 0 Å². The molecule has 3 rings (SSSR count). The number of hydrogen-bond donors (Lipinski definition) is 1. The van der Waals surface area contributed by atoms with Gasteiger partial charge in [-0.25, -0.2) is 0 Å². The van der Waals surface area contributed by atoms with Crippen molar-refractivity contribution in [3.05, 3.63) is 0 Å². The SMILES string of the molecule is CCC1CCC(C2CCC(C3CCC(CC)C(O)C3)CC2)CC1. The Balaban J connectivity index is 1.42. The Morgan fingerprint density at radius 3 is 1.57 bits per heavy atom. The van der Waals surface area contributed by atoms with Gasteiger partial charge in [-0.2, -0.15) is 0 Å². The topological polar surface area (TPSA) is 20.2 Å². The van der Waals surface area contributed by atoms with Gasteiger partial charge in [0.1, 0.15) is 0 Å². The van der Waals surface area contributed by atoms with E-state index in [1.54, 1.807) is 0 Å². The van der Waals surface area contributed by atoms with Crippen LogP contribution in [0.3, 0.4) is 0 Å². The number of hydrogen-bond acceptors (Lipinski definition) is 1. The van der Waals surface area contributed by atoms with Crippen LogP contribution in [0.25, 0.3) is 0 Å². The molecule has 0 aromatic carbocycles. The van der Waals surface area contributed by atoms with E-state index in [1.807, 2.05) is 0 Å². The first-order valence-electron chi connectivity index (χ1n) is 10.9. The van der Waals surface area contributed by atoms with Crippen molar-refractivity contribution in [2.75, 3.05) is 0 Å². The van der Waals surface area contributed by atoms with Crippen LogP contribution in [0, 0.1) is 35.5 Å². The highest BCUT2D eigenvalue weighted by Gasteiger charge is 2.36. The maximum absolute atomic E-state index is 10.4. The van der Waals surface area contributed by atoms with Crippen molar-refractivity contribution in [1.29, 1.82) is 0 Å². The van der Waals surface area contributed by atoms with E-state index >= 15 is 0 Å². The Hall–Kier alpha value is -0.0400. The van der Waals surface area contributed by atoms with Gasteiger partial charge in [-0.15, -0.1) is 0 Å². The first kappa shape index (κ1) is 17.8. The largest absolute Gasteiger partial charge is 0.393 e. The second-order valence-corrected chi connectivity index (χ2v) is 9.17. The zero-order valence-corrected chi connectivity index (χ0v) is 15.7. The molecule has 0 aromatic rings. The summed E-state index contributed by atoms with van der Waals surface area (Å²) in [6.07, 6.45) is 18.3. The van der Waals surface area contributed by atoms with Gasteiger partial charge >= 0.3 is 0 Å². The van der Waals surface area contributed by atoms with E-state index in [-0.39, 0.29) is 6.10 Å². The second kappa shape index (κ2) is 8.37. The average molecular weight is 321 g/mol. The molecule has 0 bridgehead atoms. The molecule has 1 N–H and O–H groups in total. The summed E-state index contributed by atoms with van der Waals surface area (Å²) in [5, 5.41) is 10.4. The Labute approximate surface area is 144 Å². The number of rotatable bonds is 4. The van der Waals surface area contributed by atoms with Gasteiger partial charge in [-0.1, -0.05) is 39.5 Å². The van der Waals surface area contributed by atoms with Crippen LogP contribution in [0.2, 0.25) is 0 Å². The van der Waals surface area contributed by atoms with Gasteiger partial charge < -0.3 is 5.11 Å². The molecule has 0 heterocycles. The summed E-state index contributed by atoms with van der Waals surface area (Å²) in [4.78, 5) is 0. The third kappa shape index (κ3) is 4.33. The maximum atomic E-state index is 10.4. The normalized spacial score (nSPS) is 45.8. The molecule has 1 nitrogen and oxygen atoms in total. The lowest BCUT2D eigenvalue weighted by atomic mass is 9.64. The molecule has 134 valence electrons. The van der Waals surface area contributed by atoms with Crippen molar-refractivity contribution >= 4 is 0 Å². The Morgan fingerprint density at radius 1 is 0.609 bits per heavy atom. The molecule has 0 aromatic heterocycles. The van der Waals surface area contributed by atoms with Crippen LogP contribution in [0.15, 0.2) is 0 Å². The molecule has 0 radical (unpaired) electrons. The van der Waals surface area contributed by atoms with Crippen molar-refractivity contribution in [3.8, 4) is 0 Å². The van der Waals surface area contributed by atoms with Gasteiger partial charge in [0.05, 0.1) is 6.10 Å². The van der Waals surface area contributed by atoms with E-state index in [1.165, 1.54) is 77.0 Å². The van der Waals surface area contributed by atoms with E-state index in [4.69, 9.17) is 0 Å². The lowest BCUT2D eigenvalue weighted by Gasteiger charge is -2.42. The van der Waals surface area contributed by atoms with Crippen molar-refractivity contribution in [3.63, 3.8) is 0 Å². The smallest absolute Gasteiger partial charge is 0.0571 e. The van der Waals surface area contributed by atoms with Crippen LogP contribution in [-0.2, 0) is 0 Å². The first-order chi connectivity index (χ1) is 11.2. The Kier molecular flexibility index (Phi) is 6.46. The predicted octanol–water partition coefficient (Wildman–Crippen LogP) is 6.20. The molecule has 3 saturated carbocycles. The molecule has 0 amide bonds. The number of aliphatic hydroxyl groups excluding tert-OH is 1. The third-order valence-electron chi connectivity index (χ3n) is 8.14. The van der Waals surface area contributed by atoms with Crippen LogP contribution in [0.1, 0.15) is 97.3 Å². The van der Waals surface area contributed by atoms with Gasteiger partial charge in [0.2, 0.25) is 0 Å². The molecule has 0 aliphatic heterocycles. The first-order valence-corrected chi connectivity index (χ1v) is 10.9. The van der Waals surface area contributed by atoms with Gasteiger partial charge in [-0.3, -0.25) is 0 Å². The minimum Gasteiger partial charge on any atom is -0.393 e. The minimum absolute atomic E-state index is 0.000736. The second-order valence-electron chi connectivity index (χ2n) is 9.17. The zero-order chi connectivity index (χ0) is 16.2. The quantitative estimate of drug-likeness (QED) is 0.654. The summed E-state index contributed by atoms with van der Waals surface area (Å²) in [5.41, 5.74) is 0. The Morgan fingerprint density at radius 2 is 1.09 bits per heavy atom. The molecule has 1 heteroatoms. The van der Waals surface area contributed by atoms with E-state index in [0.717, 1.165) is 36.0 Å². The predicted molar refractivity (Wildman–Crippen MR) is 98.3 cm³/mol. The highest BCUT2D eigenvalue weighted by atomic mass is 16.3. The highest BCUT2D eigenvalue weighted by molar-refractivity contribution is 4.87. The molecular weight excluding hydrogens is 280 g/mol. The summed E-state index contributed by atoms with van der Waals surface area (Å²) in [5.74, 6) is 5.51. The molecule has 0 spiro atoms.